The maximum Gasteiger partial charge on any atom is 0.189 e. The van der Waals surface area contributed by atoms with E-state index in [4.69, 9.17) is 18.9 Å². The molecule has 0 saturated carbocycles. The van der Waals surface area contributed by atoms with Gasteiger partial charge in [-0.25, -0.2) is 0 Å². The minimum absolute atomic E-state index is 0.497. The Labute approximate surface area is 319 Å². The predicted molar refractivity (Wildman–Crippen MR) is 220 cm³/mol. The van der Waals surface area contributed by atoms with Gasteiger partial charge < -0.3 is 37.9 Å². The SMILES string of the molecule is O=P12c3c4cccc3Oc3cc5cc6c7c(c5c(c31)N(c1ccccc1)c1cccc(c12)O4)N(c1ccccc1)c1cccc2c1P7(=O)c1c(cccc1O6)O2. The number of fused-ring (bicyclic) bond motifs is 3. The number of para-hydroxylation sites is 2. The maximum atomic E-state index is 16.7. The van der Waals surface area contributed by atoms with Crippen LogP contribution in [0.3, 0.4) is 0 Å². The lowest BCUT2D eigenvalue weighted by Crippen LogP contribution is -2.44. The topological polar surface area (TPSA) is 77.5 Å². The molecule has 8 aromatic rings. The van der Waals surface area contributed by atoms with Gasteiger partial charge in [-0.1, -0.05) is 60.7 Å². The van der Waals surface area contributed by atoms with Gasteiger partial charge in [-0.05, 0) is 90.3 Å². The second kappa shape index (κ2) is 9.74. The Balaban J connectivity index is 1.24. The van der Waals surface area contributed by atoms with Crippen LogP contribution in [0.4, 0.5) is 34.1 Å². The second-order valence-electron chi connectivity index (χ2n) is 14.7. The normalized spacial score (nSPS) is 19.9. The molecule has 10 heteroatoms. The van der Waals surface area contributed by atoms with Gasteiger partial charge in [0, 0.05) is 16.8 Å². The molecule has 6 heterocycles. The van der Waals surface area contributed by atoms with Gasteiger partial charge >= 0.3 is 0 Å². The van der Waals surface area contributed by atoms with Gasteiger partial charge in [-0.15, -0.1) is 0 Å². The molecule has 0 spiro atoms. The molecule has 8 nitrogen and oxygen atoms in total. The van der Waals surface area contributed by atoms with E-state index >= 15 is 9.13 Å². The summed E-state index contributed by atoms with van der Waals surface area (Å²) in [5.41, 5.74) is 4.64. The van der Waals surface area contributed by atoms with Gasteiger partial charge in [0.2, 0.25) is 0 Å². The van der Waals surface area contributed by atoms with Crippen molar-refractivity contribution in [3.63, 3.8) is 0 Å². The molecule has 2 atom stereocenters. The quantitative estimate of drug-likeness (QED) is 0.161. The van der Waals surface area contributed by atoms with Gasteiger partial charge in [0.1, 0.15) is 56.6 Å². The highest BCUT2D eigenvalue weighted by Gasteiger charge is 2.57. The molecule has 0 fully saturated rings. The van der Waals surface area contributed by atoms with Crippen molar-refractivity contribution in [3.8, 4) is 46.0 Å². The van der Waals surface area contributed by atoms with Crippen LogP contribution in [-0.2, 0) is 9.13 Å². The molecule has 0 N–H and O–H groups in total. The highest BCUT2D eigenvalue weighted by Crippen LogP contribution is 2.70. The summed E-state index contributed by atoms with van der Waals surface area (Å²) in [5, 5.41) is 5.13. The maximum absolute atomic E-state index is 16.7. The van der Waals surface area contributed by atoms with Crippen molar-refractivity contribution in [1.29, 1.82) is 0 Å². The molecule has 56 heavy (non-hydrogen) atoms. The van der Waals surface area contributed by atoms with Crippen molar-refractivity contribution in [2.75, 3.05) is 9.80 Å². The Hall–Kier alpha value is -6.72. The van der Waals surface area contributed by atoms with Crippen LogP contribution in [0.5, 0.6) is 46.0 Å². The molecule has 0 amide bonds. The Morgan fingerprint density at radius 2 is 0.714 bits per heavy atom. The van der Waals surface area contributed by atoms with Crippen LogP contribution in [0.2, 0.25) is 0 Å². The van der Waals surface area contributed by atoms with Crippen molar-refractivity contribution in [3.05, 3.63) is 146 Å². The molecular weight excluding hydrogens is 738 g/mol. The smallest absolute Gasteiger partial charge is 0.189 e. The van der Waals surface area contributed by atoms with E-state index in [-0.39, 0.29) is 0 Å². The predicted octanol–water partition coefficient (Wildman–Crippen LogP) is 10.1. The van der Waals surface area contributed by atoms with Gasteiger partial charge in [0.05, 0.1) is 44.0 Å². The molecule has 0 saturated heterocycles. The van der Waals surface area contributed by atoms with Crippen LogP contribution in [0, 0.1) is 0 Å². The van der Waals surface area contributed by atoms with Gasteiger partial charge in [0.25, 0.3) is 0 Å². The van der Waals surface area contributed by atoms with Crippen LogP contribution in [0.1, 0.15) is 0 Å². The first-order valence-electron chi connectivity index (χ1n) is 18.4. The third-order valence-corrected chi connectivity index (χ3v) is 18.3. The van der Waals surface area contributed by atoms with E-state index in [0.29, 0.717) is 89.2 Å². The molecule has 8 aromatic carbocycles. The minimum Gasteiger partial charge on any atom is -0.456 e. The standard InChI is InChI=1S/C46H24N2O6P2/c49-55-41-28-15-7-17-30(41)51-32-19-9-21-34(43(32)55)53-36-23-25-24-37-46-40(38(25)39(45(36)55)47(28)26-11-3-1-4-12-26)48(27-13-5-2-6-14-27)29-16-8-18-31-42(29)56(46,50)44-33(52-31)20-10-22-35(44)54-37/h1-24H. The number of ether oxygens (including phenoxy) is 4. The van der Waals surface area contributed by atoms with Crippen molar-refractivity contribution in [1.82, 2.24) is 0 Å². The molecule has 2 unspecified atom stereocenters. The summed E-state index contributed by atoms with van der Waals surface area (Å²) in [6.07, 6.45) is 0. The fourth-order valence-electron chi connectivity index (χ4n) is 9.87. The lowest BCUT2D eigenvalue weighted by molar-refractivity contribution is 0.461. The average molecular weight is 763 g/mol. The summed E-state index contributed by atoms with van der Waals surface area (Å²) < 4.78 is 60.2. The van der Waals surface area contributed by atoms with E-state index in [9.17, 15) is 0 Å². The summed E-state index contributed by atoms with van der Waals surface area (Å²) in [4.78, 5) is 4.37. The second-order valence-corrected chi connectivity index (χ2v) is 19.8. The van der Waals surface area contributed by atoms with E-state index in [0.717, 1.165) is 33.5 Å². The van der Waals surface area contributed by atoms with E-state index < -0.39 is 14.3 Å². The zero-order chi connectivity index (χ0) is 36.7. The summed E-state index contributed by atoms with van der Waals surface area (Å²) in [5.74, 6) is 4.15. The van der Waals surface area contributed by atoms with Crippen molar-refractivity contribution in [2.45, 2.75) is 0 Å². The van der Waals surface area contributed by atoms with Crippen molar-refractivity contribution in [2.24, 2.45) is 0 Å². The average Bonchev–Trinajstić information content (AvgIpc) is 3.21. The number of benzene rings is 8. The molecule has 264 valence electrons. The molecular formula is C46H24N2O6P2. The largest absolute Gasteiger partial charge is 0.456 e. The first-order chi connectivity index (χ1) is 27.5. The van der Waals surface area contributed by atoms with Crippen LogP contribution in [-0.4, -0.2) is 0 Å². The number of rotatable bonds is 2. The zero-order valence-corrected chi connectivity index (χ0v) is 30.9. The van der Waals surface area contributed by atoms with Crippen LogP contribution >= 0.6 is 14.3 Å². The van der Waals surface area contributed by atoms with Crippen LogP contribution < -0.4 is 60.6 Å². The molecule has 0 radical (unpaired) electrons. The summed E-state index contributed by atoms with van der Waals surface area (Å²) in [6, 6.07) is 47.1. The van der Waals surface area contributed by atoms with E-state index in [2.05, 4.69) is 34.1 Å². The minimum atomic E-state index is -3.66. The van der Waals surface area contributed by atoms with E-state index in [1.165, 1.54) is 0 Å². The number of anilines is 6. The molecule has 14 rings (SSSR count). The summed E-state index contributed by atoms with van der Waals surface area (Å²) in [7, 11) is -7.32. The van der Waals surface area contributed by atoms with Crippen molar-refractivity contribution >= 4 is 91.0 Å². The third kappa shape index (κ3) is 3.22. The van der Waals surface area contributed by atoms with Crippen LogP contribution in [0.15, 0.2) is 146 Å². The number of hydrogen-bond acceptors (Lipinski definition) is 8. The van der Waals surface area contributed by atoms with Crippen molar-refractivity contribution < 1.29 is 28.1 Å². The summed E-state index contributed by atoms with van der Waals surface area (Å²) >= 11 is 0. The first kappa shape index (κ1) is 29.6. The lowest BCUT2D eigenvalue weighted by Gasteiger charge is -2.46. The monoisotopic (exact) mass is 762 g/mol. The molecule has 0 bridgehead atoms. The van der Waals surface area contributed by atoms with Gasteiger partial charge in [-0.2, -0.15) is 0 Å². The highest BCUT2D eigenvalue weighted by molar-refractivity contribution is 7.87. The Morgan fingerprint density at radius 1 is 0.357 bits per heavy atom. The molecule has 0 aromatic heterocycles. The third-order valence-electron chi connectivity index (χ3n) is 11.9. The summed E-state index contributed by atoms with van der Waals surface area (Å²) in [6.45, 7) is 0. The fraction of sp³-hybridized carbons (Fsp3) is 0. The Bertz CT molecular complexity index is 3080. The fourth-order valence-corrected chi connectivity index (χ4v) is 16.7. The molecule has 6 aliphatic rings. The van der Waals surface area contributed by atoms with Gasteiger partial charge in [0.15, 0.2) is 14.3 Å². The lowest BCUT2D eigenvalue weighted by atomic mass is 10.00. The zero-order valence-electron chi connectivity index (χ0n) is 29.1. The highest BCUT2D eigenvalue weighted by atomic mass is 31.2. The number of hydrogen-bond donors (Lipinski definition) is 0. The number of nitrogens with zero attached hydrogens (tertiary/aromatic N) is 2. The van der Waals surface area contributed by atoms with Gasteiger partial charge in [-0.3, -0.25) is 0 Å². The Kier molecular flexibility index (Phi) is 5.15. The van der Waals surface area contributed by atoms with Crippen LogP contribution in [0.25, 0.3) is 10.8 Å². The first-order valence-corrected chi connectivity index (χ1v) is 21.8. The molecule has 6 aliphatic heterocycles. The Morgan fingerprint density at radius 3 is 1.12 bits per heavy atom. The van der Waals surface area contributed by atoms with E-state index in [1.807, 2.05) is 121 Å². The van der Waals surface area contributed by atoms with E-state index in [1.54, 1.807) is 0 Å². The molecule has 0 aliphatic carbocycles.